The Balaban J connectivity index is 0.000000152. The van der Waals surface area contributed by atoms with Crippen LogP contribution in [0.25, 0.3) is 100 Å². The number of hydrogen-bond acceptors (Lipinski definition) is 21. The summed E-state index contributed by atoms with van der Waals surface area (Å²) in [7, 11) is 1.73. The third kappa shape index (κ3) is 21.2. The molecule has 6 aromatic carbocycles. The fourth-order valence-electron chi connectivity index (χ4n) is 12.5. The van der Waals surface area contributed by atoms with Crippen LogP contribution in [0.15, 0.2) is 233 Å². The lowest BCUT2D eigenvalue weighted by molar-refractivity contribution is 0.0813. The molecule has 9 aromatic heterocycles. The van der Waals surface area contributed by atoms with Gasteiger partial charge in [0.15, 0.2) is 29.1 Å². The van der Waals surface area contributed by atoms with E-state index in [1.54, 1.807) is 44.5 Å². The van der Waals surface area contributed by atoms with Gasteiger partial charge in [-0.25, -0.2) is 39.3 Å². The maximum absolute atomic E-state index is 12.8. The molecule has 0 amide bonds. The number of nitrogens with one attached hydrogen (secondary N) is 1. The van der Waals surface area contributed by atoms with Crippen LogP contribution < -0.4 is 14.2 Å². The van der Waals surface area contributed by atoms with Crippen molar-refractivity contribution in [1.82, 2.24) is 59.7 Å². The van der Waals surface area contributed by atoms with E-state index < -0.39 is 36.4 Å². The van der Waals surface area contributed by atoms with Gasteiger partial charge in [-0.15, -0.1) is 0 Å². The van der Waals surface area contributed by atoms with Crippen LogP contribution >= 0.6 is 0 Å². The van der Waals surface area contributed by atoms with Gasteiger partial charge in [0.2, 0.25) is 17.6 Å². The van der Waals surface area contributed by atoms with Gasteiger partial charge in [0.25, 0.3) is 5.89 Å². The molecule has 2 atom stereocenters. The number of ether oxygens (including phenoxy) is 6. The Kier molecular flexibility index (Phi) is 27.3. The molecule has 0 radical (unpaired) electrons. The van der Waals surface area contributed by atoms with E-state index >= 15 is 0 Å². The van der Waals surface area contributed by atoms with Crippen LogP contribution in [0.5, 0.6) is 17.2 Å². The monoisotopic (exact) mass is 1600 g/mol. The SMILES string of the molecule is CCOCC[Si](C)(C)C.COc1ccccc1-c1[nH]nc2ncc(-c3cccc(C(O)c4ncco4)c3)cc12.COc1ccccc1-c1nn(COCC[Si](C)(C)C)c2ncc(-c3cccc(C(=O)c4ncco4)c3)cc12.COc1ccccc1-c1nn(COCC[Si](C)(C)C)c2ncc(-c3cccc(C(O)c4ncco4)c3)cc12. The Morgan fingerprint density at radius 2 is 0.870 bits per heavy atom. The number of pyridine rings is 3. The highest BCUT2D eigenvalue weighted by Crippen LogP contribution is 2.40. The Morgan fingerprint density at radius 3 is 1.31 bits per heavy atom. The fourth-order valence-corrected chi connectivity index (χ4v) is 14.8. The summed E-state index contributed by atoms with van der Waals surface area (Å²) < 4.78 is 53.4. The van der Waals surface area contributed by atoms with Gasteiger partial charge < -0.3 is 51.9 Å². The number of aromatic amines is 1. The number of methoxy groups -OCH3 is 3. The van der Waals surface area contributed by atoms with Gasteiger partial charge in [-0.1, -0.05) is 150 Å². The average Bonchev–Trinajstić information content (AvgIpc) is 1.64. The molecule has 9 heterocycles. The predicted molar refractivity (Wildman–Crippen MR) is 455 cm³/mol. The number of para-hydroxylation sites is 3. The molecule has 0 spiro atoms. The summed E-state index contributed by atoms with van der Waals surface area (Å²) in [6.45, 7) is 27.0. The van der Waals surface area contributed by atoms with Crippen LogP contribution in [0.4, 0.5) is 0 Å². The summed E-state index contributed by atoms with van der Waals surface area (Å²) in [4.78, 5) is 39.0. The van der Waals surface area contributed by atoms with Crippen molar-refractivity contribution in [3.05, 3.63) is 254 Å². The first-order valence-electron chi connectivity index (χ1n) is 38.1. The fraction of sp³-hybridized carbons (Fsp3) is 0.273. The van der Waals surface area contributed by atoms with Crippen LogP contribution in [0.3, 0.4) is 0 Å². The summed E-state index contributed by atoms with van der Waals surface area (Å²) in [6.07, 6.45) is 12.3. The minimum absolute atomic E-state index is 0.0598. The molecule has 115 heavy (non-hydrogen) atoms. The third-order valence-corrected chi connectivity index (χ3v) is 23.9. The number of carbonyl (C=O) groups is 1. The number of nitrogens with zero attached hydrogens (tertiary/aromatic N) is 11. The first kappa shape index (κ1) is 82.8. The molecular weight excluding hydrogens is 1500 g/mol. The third-order valence-electron chi connectivity index (χ3n) is 18.8. The van der Waals surface area contributed by atoms with E-state index in [4.69, 9.17) is 61.8 Å². The van der Waals surface area contributed by atoms with Gasteiger partial charge in [0.1, 0.15) is 60.9 Å². The van der Waals surface area contributed by atoms with Crippen LogP contribution in [-0.4, -0.2) is 148 Å². The Morgan fingerprint density at radius 1 is 0.452 bits per heavy atom. The van der Waals surface area contributed by atoms with E-state index in [2.05, 4.69) is 95.1 Å². The first-order chi connectivity index (χ1) is 55.5. The van der Waals surface area contributed by atoms with E-state index in [9.17, 15) is 15.0 Å². The molecule has 24 nitrogen and oxygen atoms in total. The summed E-state index contributed by atoms with van der Waals surface area (Å²) >= 11 is 0. The zero-order valence-corrected chi connectivity index (χ0v) is 70.2. The number of ketones is 1. The average molecular weight is 1600 g/mol. The zero-order chi connectivity index (χ0) is 81.2. The quantitative estimate of drug-likeness (QED) is 0.0223. The highest BCUT2D eigenvalue weighted by atomic mass is 28.3. The molecule has 2 unspecified atom stereocenters. The predicted octanol–water partition coefficient (Wildman–Crippen LogP) is 19.2. The number of aliphatic hydroxyl groups is 2. The Bertz CT molecular complexity index is 5670. The van der Waals surface area contributed by atoms with Crippen molar-refractivity contribution in [2.75, 3.05) is 47.8 Å². The number of H-pyrrole nitrogens is 1. The van der Waals surface area contributed by atoms with Crippen LogP contribution in [0, 0.1) is 0 Å². The van der Waals surface area contributed by atoms with Crippen molar-refractivity contribution in [2.24, 2.45) is 0 Å². The minimum atomic E-state index is -1.21. The van der Waals surface area contributed by atoms with Crippen LogP contribution in [0.1, 0.15) is 58.3 Å². The summed E-state index contributed by atoms with van der Waals surface area (Å²) in [5.41, 5.74) is 14.3. The molecular formula is C88H98N12O12Si3. The highest BCUT2D eigenvalue weighted by Gasteiger charge is 2.25. The number of aromatic nitrogens is 12. The van der Waals surface area contributed by atoms with Gasteiger partial charge in [-0.3, -0.25) is 9.89 Å². The van der Waals surface area contributed by atoms with Crippen LogP contribution in [0.2, 0.25) is 77.1 Å². The molecule has 0 saturated carbocycles. The smallest absolute Gasteiger partial charge is 0.268 e. The largest absolute Gasteiger partial charge is 0.496 e. The minimum Gasteiger partial charge on any atom is -0.496 e. The molecule has 0 fully saturated rings. The standard InChI is InChI=1S/C29H32N4O4Si.C29H30N4O4Si.C23H18N4O3.C7H18OSi/c2*1-35-25-11-6-5-10-23(25)26-24-17-22(18-31-28(24)33(32-26)19-36-14-15-38(2,3)4)20-8-7-9-21(16-20)27(34)29-30-12-13-37-29;1-29-19-8-3-2-7-17(19)20-18-12-16(13-25-22(18)27-26-20)14-5-4-6-15(11-14)21(28)23-24-9-10-30-23;1-5-8-6-7-9(2,3)4/h5-13,16-18,27,34H,14-15,19H2,1-4H3;5-13,16-18H,14-15,19H2,1-4H3;2-13,21,28H,1H3,(H,25,26,27);5-7H2,1-4H3. The number of carbonyl (C=O) groups excluding carboxylic acids is 1. The lowest BCUT2D eigenvalue weighted by atomic mass is 10.00. The molecule has 0 aliphatic rings. The number of benzene rings is 6. The number of hydrogen-bond donors (Lipinski definition) is 3. The van der Waals surface area contributed by atoms with E-state index in [-0.39, 0.29) is 23.5 Å². The molecule has 15 aromatic rings. The highest BCUT2D eigenvalue weighted by molar-refractivity contribution is 6.76. The molecule has 0 aliphatic carbocycles. The molecule has 594 valence electrons. The van der Waals surface area contributed by atoms with E-state index in [1.165, 1.54) is 43.4 Å². The van der Waals surface area contributed by atoms with E-state index in [0.29, 0.717) is 49.0 Å². The Hall–Kier alpha value is -11.7. The second-order valence-electron chi connectivity index (χ2n) is 30.9. The van der Waals surface area contributed by atoms with Gasteiger partial charge in [0, 0.05) is 124 Å². The Labute approximate surface area is 671 Å². The maximum Gasteiger partial charge on any atom is 0.268 e. The second kappa shape index (κ2) is 38.0. The number of oxazole rings is 3. The van der Waals surface area contributed by atoms with Crippen molar-refractivity contribution in [1.29, 1.82) is 0 Å². The lowest BCUT2D eigenvalue weighted by Crippen LogP contribution is -2.22. The van der Waals surface area contributed by atoms with Crippen molar-refractivity contribution < 1.29 is 56.7 Å². The second-order valence-corrected chi connectivity index (χ2v) is 47.8. The number of rotatable bonds is 29. The van der Waals surface area contributed by atoms with Crippen LogP contribution in [-0.2, 0) is 27.7 Å². The molecule has 3 N–H and O–H groups in total. The molecule has 0 bridgehead atoms. The first-order valence-corrected chi connectivity index (χ1v) is 49.2. The molecule has 15 rings (SSSR count). The van der Waals surface area contributed by atoms with Crippen molar-refractivity contribution in [3.63, 3.8) is 0 Å². The molecule has 27 heteroatoms. The van der Waals surface area contributed by atoms with Crippen molar-refractivity contribution in [2.45, 2.75) is 110 Å². The summed E-state index contributed by atoms with van der Waals surface area (Å²) in [6, 6.07) is 55.6. The summed E-state index contributed by atoms with van der Waals surface area (Å²) in [5, 5.41) is 41.1. The van der Waals surface area contributed by atoms with E-state index in [1.807, 2.05) is 169 Å². The van der Waals surface area contributed by atoms with Crippen molar-refractivity contribution in [3.8, 4) is 84.4 Å². The van der Waals surface area contributed by atoms with Gasteiger partial charge in [0.05, 0.1) is 45.6 Å². The summed E-state index contributed by atoms with van der Waals surface area (Å²) in [5.74, 6) is 2.51. The lowest BCUT2D eigenvalue weighted by Gasteiger charge is -2.15. The topological polar surface area (TPSA) is 294 Å². The van der Waals surface area contributed by atoms with Gasteiger partial charge in [-0.2, -0.15) is 15.3 Å². The zero-order valence-electron chi connectivity index (χ0n) is 67.2. The number of fused-ring (bicyclic) bond motifs is 3. The van der Waals surface area contributed by atoms with Crippen molar-refractivity contribution >= 4 is 63.1 Å². The molecule has 0 saturated heterocycles. The molecule has 0 aliphatic heterocycles. The maximum atomic E-state index is 12.8. The normalized spacial score (nSPS) is 12.2. The van der Waals surface area contributed by atoms with Gasteiger partial charge in [-0.05, 0) is 126 Å². The number of aliphatic hydroxyl groups excluding tert-OH is 2. The van der Waals surface area contributed by atoms with Gasteiger partial charge >= 0.3 is 0 Å². The van der Waals surface area contributed by atoms with E-state index in [0.717, 1.165) is 137 Å².